The number of hydrogen-bond acceptors (Lipinski definition) is 11. The van der Waals surface area contributed by atoms with Crippen LogP contribution in [0, 0.1) is 12.3 Å². The Morgan fingerprint density at radius 1 is 0.971 bits per heavy atom. The minimum atomic E-state index is -0.988. The molecule has 7 atom stereocenters. The normalized spacial score (nSPS) is 19.8. The van der Waals surface area contributed by atoms with E-state index in [2.05, 4.69) is 20.9 Å². The van der Waals surface area contributed by atoms with Crippen LogP contribution in [-0.2, 0) is 48.0 Å². The van der Waals surface area contributed by atoms with Gasteiger partial charge >= 0.3 is 0 Å². The molecular weight excluding hydrogens is 956 g/mol. The van der Waals surface area contributed by atoms with E-state index in [9.17, 15) is 33.9 Å². The number of aliphatic hydroxyl groups excluding tert-OH is 1. The van der Waals surface area contributed by atoms with E-state index in [1.54, 1.807) is 29.0 Å². The summed E-state index contributed by atoms with van der Waals surface area (Å²) in [5, 5.41) is 20.0. The topological polar surface area (TPSA) is 239 Å². The fourth-order valence-corrected chi connectivity index (χ4v) is 10.5. The number of aliphatic hydroxyl groups is 1. The lowest BCUT2D eigenvalue weighted by Crippen LogP contribution is -2.57. The van der Waals surface area contributed by atoms with Crippen molar-refractivity contribution in [1.82, 2.24) is 25.8 Å². The molecule has 6 amide bonds. The van der Waals surface area contributed by atoms with Crippen molar-refractivity contribution in [2.45, 2.75) is 135 Å². The van der Waals surface area contributed by atoms with Crippen LogP contribution in [0.4, 0.5) is 5.69 Å². The van der Waals surface area contributed by atoms with Crippen molar-refractivity contribution in [3.05, 3.63) is 99.1 Å². The van der Waals surface area contributed by atoms with Crippen LogP contribution in [0.1, 0.15) is 100 Å². The van der Waals surface area contributed by atoms with Crippen LogP contribution >= 0.6 is 35.3 Å². The zero-order chi connectivity index (χ0) is 49.7. The maximum Gasteiger partial charge on any atom is 0.246 e. The third kappa shape index (κ3) is 12.5. The van der Waals surface area contributed by atoms with Gasteiger partial charge in [-0.2, -0.15) is 0 Å². The molecule has 3 aliphatic heterocycles. The summed E-state index contributed by atoms with van der Waals surface area (Å²) in [6.45, 7) is 9.23. The van der Waals surface area contributed by atoms with Gasteiger partial charge in [0, 0.05) is 32.2 Å². The minimum absolute atomic E-state index is 0. The number of primary amides is 1. The molecule has 376 valence electrons. The highest BCUT2D eigenvalue weighted by atomic mass is 35.5. The largest absolute Gasteiger partial charge is 0.490 e. The molecule has 8 N–H and O–H groups in total. The maximum atomic E-state index is 14.3. The number of aromatic nitrogens is 1. The molecule has 0 bridgehead atoms. The Hall–Kier alpha value is -5.59. The number of carbonyl (C=O) groups excluding carboxylic acids is 6. The van der Waals surface area contributed by atoms with Gasteiger partial charge in [0.2, 0.25) is 35.4 Å². The molecule has 4 aromatic rings. The van der Waals surface area contributed by atoms with Gasteiger partial charge in [-0.3, -0.25) is 33.7 Å². The summed E-state index contributed by atoms with van der Waals surface area (Å²) in [5.41, 5.74) is 19.0. The van der Waals surface area contributed by atoms with Crippen LogP contribution < -0.4 is 37.1 Å². The maximum absolute atomic E-state index is 14.3. The van der Waals surface area contributed by atoms with Gasteiger partial charge in [-0.1, -0.05) is 87.0 Å². The number of para-hydroxylation sites is 1. The zero-order valence-electron chi connectivity index (χ0n) is 40.2. The Morgan fingerprint density at radius 2 is 1.67 bits per heavy atom. The highest BCUT2D eigenvalue weighted by Crippen LogP contribution is 2.39. The average molecular weight is 1020 g/mol. The van der Waals surface area contributed by atoms with Crippen LogP contribution in [0.15, 0.2) is 66.2 Å². The number of nitrogens with zero attached hydrogens (tertiary/aromatic N) is 3. The number of thiazole rings is 1. The first-order chi connectivity index (χ1) is 32.8. The van der Waals surface area contributed by atoms with Crippen molar-refractivity contribution in [2.24, 2.45) is 16.9 Å². The Labute approximate surface area is 424 Å². The van der Waals surface area contributed by atoms with Crippen molar-refractivity contribution >= 4 is 76.5 Å². The van der Waals surface area contributed by atoms with Gasteiger partial charge in [-0.25, -0.2) is 4.98 Å². The van der Waals surface area contributed by atoms with Crippen molar-refractivity contribution < 1.29 is 38.6 Å². The molecule has 70 heavy (non-hydrogen) atoms. The third-order valence-corrected chi connectivity index (χ3v) is 14.6. The number of carbonyl (C=O) groups is 6. The van der Waals surface area contributed by atoms with Gasteiger partial charge in [-0.15, -0.1) is 23.7 Å². The second-order valence-electron chi connectivity index (χ2n) is 19.5. The number of benzene rings is 3. The predicted molar refractivity (Wildman–Crippen MR) is 272 cm³/mol. The average Bonchev–Trinajstić information content (AvgIpc) is 4.02. The molecule has 3 aliphatic rings. The smallest absolute Gasteiger partial charge is 0.246 e. The lowest BCUT2D eigenvalue weighted by molar-refractivity contribution is -0.144. The second-order valence-corrected chi connectivity index (χ2v) is 20.7. The molecule has 16 nitrogen and oxygen atoms in total. The Morgan fingerprint density at radius 3 is 2.36 bits per heavy atom. The van der Waals surface area contributed by atoms with Gasteiger partial charge < -0.3 is 42.2 Å². The zero-order valence-corrected chi connectivity index (χ0v) is 42.6. The first-order valence-corrected chi connectivity index (χ1v) is 24.8. The summed E-state index contributed by atoms with van der Waals surface area (Å²) < 4.78 is 6.16. The number of β-amino-alcohol motifs (C(OH)–C–C–N with tert-alkyl or cyclic N) is 1. The summed E-state index contributed by atoms with van der Waals surface area (Å²) >= 11 is 8.42. The molecule has 19 heteroatoms. The van der Waals surface area contributed by atoms with Crippen LogP contribution in [-0.4, -0.2) is 99.9 Å². The summed E-state index contributed by atoms with van der Waals surface area (Å²) in [7, 11) is 0. The van der Waals surface area contributed by atoms with E-state index >= 15 is 0 Å². The number of likely N-dealkylation sites (tertiary alicyclic amines) is 1. The molecular formula is C51H64Cl2N8O8S. The van der Waals surface area contributed by atoms with Crippen LogP contribution in [0.2, 0.25) is 5.02 Å². The van der Waals surface area contributed by atoms with E-state index in [1.807, 2.05) is 83.1 Å². The minimum Gasteiger partial charge on any atom is -0.490 e. The van der Waals surface area contributed by atoms with Crippen molar-refractivity contribution in [3.63, 3.8) is 0 Å². The molecule has 1 aromatic heterocycles. The lowest BCUT2D eigenvalue weighted by Gasteiger charge is -2.35. The van der Waals surface area contributed by atoms with E-state index in [-0.39, 0.29) is 69.1 Å². The highest BCUT2D eigenvalue weighted by Gasteiger charge is 2.45. The molecule has 0 aliphatic carbocycles. The number of aryl methyl sites for hydroxylation is 3. The Kier molecular flexibility index (Phi) is 17.7. The fourth-order valence-electron chi connectivity index (χ4n) is 9.41. The molecule has 0 unspecified atom stereocenters. The van der Waals surface area contributed by atoms with E-state index in [0.717, 1.165) is 38.5 Å². The Balaban J connectivity index is 0.00000804. The molecule has 0 radical (unpaired) electrons. The lowest BCUT2D eigenvalue weighted by atomic mass is 9.85. The van der Waals surface area contributed by atoms with Crippen LogP contribution in [0.5, 0.6) is 5.75 Å². The second kappa shape index (κ2) is 23.1. The first kappa shape index (κ1) is 53.8. The number of halogens is 2. The number of ether oxygens (including phenoxy) is 1. The standard InChI is InChI=1S/C51H63ClN8O8S.ClH/c1-28(30-15-17-33(18-16-30)45-29(2)55-27-69-45)56-47(64)38-24-36(61)25-59(38)50(67)46(51(3,4)5)58-42(63)14-8-10-31-9-7-13-40(43(31)52)68-26-35(20-22-41(54)62)57-48(65)39-23-34-12-6-11-32-19-21-37(53)49(66)60(39)44(32)34;/h6-7,9,11-13,15-18,27-28,35-39,46,61H,8,10,14,19-26,53H2,1-5H3,(H2,54,62)(H,56,64)(H,57,65)(H,58,63);1H/t28-,35-,36+,37-,38-,39-,46+;/m0./s1. The van der Waals surface area contributed by atoms with E-state index in [4.69, 9.17) is 27.8 Å². The fraction of sp³-hybridized carbons (Fsp3) is 0.471. The summed E-state index contributed by atoms with van der Waals surface area (Å²) in [5.74, 6) is -2.13. The molecule has 3 aromatic carbocycles. The van der Waals surface area contributed by atoms with Crippen molar-refractivity contribution in [2.75, 3.05) is 18.1 Å². The SMILES string of the molecule is Cc1ncsc1-c1ccc([C@H](C)NC(=O)[C@@H]2C[C@@H](O)CN2C(=O)[C@@H](NC(=O)CCCc2cccc(OC[C@H](CCC(N)=O)NC(=O)[C@@H]3Cc4cccc5c4N3C(=O)[C@@H](N)CC5)c2Cl)C(C)(C)C)cc1.Cl. The molecule has 4 heterocycles. The number of amides is 6. The summed E-state index contributed by atoms with van der Waals surface area (Å²) in [6.07, 6.45) is 1.57. The first-order valence-electron chi connectivity index (χ1n) is 23.6. The molecule has 0 spiro atoms. The molecule has 1 saturated heterocycles. The quantitative estimate of drug-likeness (QED) is 0.0757. The van der Waals surface area contributed by atoms with E-state index in [0.29, 0.717) is 48.4 Å². The van der Waals surface area contributed by atoms with E-state index < -0.39 is 65.4 Å². The number of hydrogen-bond donors (Lipinski definition) is 6. The van der Waals surface area contributed by atoms with Crippen molar-refractivity contribution in [1.29, 1.82) is 0 Å². The van der Waals surface area contributed by atoms with Gasteiger partial charge in [0.25, 0.3) is 0 Å². The van der Waals surface area contributed by atoms with Gasteiger partial charge in [0.1, 0.15) is 30.5 Å². The molecule has 0 saturated carbocycles. The Bertz CT molecular complexity index is 2570. The van der Waals surface area contributed by atoms with Crippen LogP contribution in [0.3, 0.4) is 0 Å². The highest BCUT2D eigenvalue weighted by molar-refractivity contribution is 7.13. The van der Waals surface area contributed by atoms with Crippen molar-refractivity contribution in [3.8, 4) is 16.2 Å². The van der Waals surface area contributed by atoms with Gasteiger partial charge in [0.15, 0.2) is 0 Å². The van der Waals surface area contributed by atoms with Gasteiger partial charge in [0.05, 0.1) is 51.0 Å². The molecule has 1 fully saturated rings. The third-order valence-electron chi connectivity index (χ3n) is 13.2. The van der Waals surface area contributed by atoms with E-state index in [1.165, 1.54) is 9.80 Å². The van der Waals surface area contributed by atoms with Gasteiger partial charge in [-0.05, 0) is 85.3 Å². The molecule has 7 rings (SSSR count). The predicted octanol–water partition coefficient (Wildman–Crippen LogP) is 5.25. The number of rotatable bonds is 18. The summed E-state index contributed by atoms with van der Waals surface area (Å²) in [6, 6.07) is 14.4. The summed E-state index contributed by atoms with van der Waals surface area (Å²) in [4.78, 5) is 89.1. The number of nitrogens with one attached hydrogen (secondary N) is 3. The number of nitrogens with two attached hydrogens (primary N) is 2. The van der Waals surface area contributed by atoms with Crippen LogP contribution in [0.25, 0.3) is 10.4 Å². The number of anilines is 1. The monoisotopic (exact) mass is 1020 g/mol.